The second kappa shape index (κ2) is 6.44. The van der Waals surface area contributed by atoms with Crippen molar-refractivity contribution in [1.82, 2.24) is 4.98 Å². The summed E-state index contributed by atoms with van der Waals surface area (Å²) >= 11 is 0. The lowest BCUT2D eigenvalue weighted by atomic mass is 10.0. The van der Waals surface area contributed by atoms with Crippen LogP contribution in [0.4, 0.5) is 11.4 Å². The molecule has 0 aliphatic rings. The fourth-order valence-electron chi connectivity index (χ4n) is 2.91. The molecule has 0 spiro atoms. The number of H-pyrrole nitrogens is 1. The van der Waals surface area contributed by atoms with Crippen molar-refractivity contribution < 1.29 is 9.72 Å². The SMILES string of the molecule is Cc1c(C(=O)Nc2ccc3c(C)c(C)c(=O)[nH]c3c2)cccc1[N+](=O)[O-]. The predicted octanol–water partition coefficient (Wildman–Crippen LogP) is 3.61. The molecule has 0 saturated carbocycles. The number of carbonyl (C=O) groups is 1. The number of carbonyl (C=O) groups excluding carboxylic acids is 1. The fraction of sp³-hybridized carbons (Fsp3) is 0.158. The Kier molecular flexibility index (Phi) is 4.29. The largest absolute Gasteiger partial charge is 0.322 e. The molecule has 7 heteroatoms. The lowest BCUT2D eigenvalue weighted by molar-refractivity contribution is -0.385. The molecule has 26 heavy (non-hydrogen) atoms. The number of nitro groups is 1. The van der Waals surface area contributed by atoms with Crippen LogP contribution in [0.5, 0.6) is 0 Å². The maximum atomic E-state index is 12.5. The minimum atomic E-state index is -0.516. The third-order valence-electron chi connectivity index (χ3n) is 4.58. The summed E-state index contributed by atoms with van der Waals surface area (Å²) in [6.45, 7) is 5.17. The van der Waals surface area contributed by atoms with Gasteiger partial charge >= 0.3 is 0 Å². The van der Waals surface area contributed by atoms with E-state index >= 15 is 0 Å². The number of benzene rings is 2. The van der Waals surface area contributed by atoms with Crippen molar-refractivity contribution >= 4 is 28.2 Å². The minimum absolute atomic E-state index is 0.105. The summed E-state index contributed by atoms with van der Waals surface area (Å²) in [6.07, 6.45) is 0. The molecule has 3 rings (SSSR count). The lowest BCUT2D eigenvalue weighted by Crippen LogP contribution is -2.15. The third-order valence-corrected chi connectivity index (χ3v) is 4.58. The molecule has 1 heterocycles. The molecule has 0 bridgehead atoms. The van der Waals surface area contributed by atoms with Crippen molar-refractivity contribution in [2.75, 3.05) is 5.32 Å². The maximum absolute atomic E-state index is 12.5. The van der Waals surface area contributed by atoms with Gasteiger partial charge in [-0.05, 0) is 44.5 Å². The van der Waals surface area contributed by atoms with Crippen LogP contribution < -0.4 is 10.9 Å². The van der Waals surface area contributed by atoms with Gasteiger partial charge in [0.25, 0.3) is 17.2 Å². The molecular formula is C19H17N3O4. The summed E-state index contributed by atoms with van der Waals surface area (Å²) in [5.41, 5.74) is 2.90. The molecule has 0 saturated heterocycles. The quantitative estimate of drug-likeness (QED) is 0.555. The van der Waals surface area contributed by atoms with E-state index in [-0.39, 0.29) is 16.8 Å². The number of anilines is 1. The summed E-state index contributed by atoms with van der Waals surface area (Å²) in [4.78, 5) is 37.8. The number of pyridine rings is 1. The van der Waals surface area contributed by atoms with Gasteiger partial charge in [-0.1, -0.05) is 12.1 Å². The molecule has 1 amide bonds. The molecule has 2 aromatic carbocycles. The predicted molar refractivity (Wildman–Crippen MR) is 99.8 cm³/mol. The topological polar surface area (TPSA) is 105 Å². The van der Waals surface area contributed by atoms with E-state index in [0.717, 1.165) is 10.9 Å². The Morgan fingerprint density at radius 3 is 2.50 bits per heavy atom. The van der Waals surface area contributed by atoms with Gasteiger partial charge in [0.15, 0.2) is 0 Å². The summed E-state index contributed by atoms with van der Waals surface area (Å²) in [7, 11) is 0. The lowest BCUT2D eigenvalue weighted by Gasteiger charge is -2.10. The Morgan fingerprint density at radius 1 is 1.08 bits per heavy atom. The van der Waals surface area contributed by atoms with Gasteiger partial charge in [0.05, 0.1) is 10.4 Å². The number of aromatic amines is 1. The second-order valence-electron chi connectivity index (χ2n) is 6.13. The smallest absolute Gasteiger partial charge is 0.273 e. The summed E-state index contributed by atoms with van der Waals surface area (Å²) < 4.78 is 0. The molecule has 0 atom stereocenters. The van der Waals surface area contributed by atoms with E-state index in [1.54, 1.807) is 19.1 Å². The number of rotatable bonds is 3. The van der Waals surface area contributed by atoms with E-state index in [1.807, 2.05) is 13.0 Å². The van der Waals surface area contributed by atoms with Crippen LogP contribution in [0.2, 0.25) is 0 Å². The van der Waals surface area contributed by atoms with Crippen LogP contribution in [-0.2, 0) is 0 Å². The highest BCUT2D eigenvalue weighted by atomic mass is 16.6. The van der Waals surface area contributed by atoms with Gasteiger partial charge in [0.1, 0.15) is 0 Å². The highest BCUT2D eigenvalue weighted by Gasteiger charge is 2.18. The minimum Gasteiger partial charge on any atom is -0.322 e. The molecule has 3 aromatic rings. The van der Waals surface area contributed by atoms with Crippen LogP contribution in [0.1, 0.15) is 27.0 Å². The van der Waals surface area contributed by atoms with Crippen LogP contribution in [0, 0.1) is 30.9 Å². The molecular weight excluding hydrogens is 334 g/mol. The first-order valence-corrected chi connectivity index (χ1v) is 7.98. The highest BCUT2D eigenvalue weighted by Crippen LogP contribution is 2.24. The number of amides is 1. The third kappa shape index (κ3) is 2.95. The van der Waals surface area contributed by atoms with Crippen molar-refractivity contribution in [3.05, 3.63) is 79.1 Å². The average Bonchev–Trinajstić information content (AvgIpc) is 2.59. The van der Waals surface area contributed by atoms with E-state index in [1.165, 1.54) is 25.1 Å². The van der Waals surface area contributed by atoms with Crippen molar-refractivity contribution in [2.24, 2.45) is 0 Å². The van der Waals surface area contributed by atoms with Gasteiger partial charge in [0.2, 0.25) is 0 Å². The zero-order valence-corrected chi connectivity index (χ0v) is 14.5. The van der Waals surface area contributed by atoms with Gasteiger partial charge in [-0.3, -0.25) is 19.7 Å². The molecule has 1 aromatic heterocycles. The Labute approximate surface area is 148 Å². The summed E-state index contributed by atoms with van der Waals surface area (Å²) in [5, 5.41) is 14.7. The van der Waals surface area contributed by atoms with Crippen LogP contribution in [0.25, 0.3) is 10.9 Å². The second-order valence-corrected chi connectivity index (χ2v) is 6.13. The summed E-state index contributed by atoms with van der Waals surface area (Å²) in [5.74, 6) is -0.447. The van der Waals surface area contributed by atoms with Crippen LogP contribution >= 0.6 is 0 Å². The Morgan fingerprint density at radius 2 is 1.81 bits per heavy atom. The molecule has 0 aliphatic carbocycles. The van der Waals surface area contributed by atoms with Crippen LogP contribution in [0.3, 0.4) is 0 Å². The van der Waals surface area contributed by atoms with Gasteiger partial charge in [-0.25, -0.2) is 0 Å². The van der Waals surface area contributed by atoms with Crippen LogP contribution in [0.15, 0.2) is 41.2 Å². The number of nitrogens with zero attached hydrogens (tertiary/aromatic N) is 1. The first-order chi connectivity index (χ1) is 12.3. The van der Waals surface area contributed by atoms with Crippen molar-refractivity contribution in [1.29, 1.82) is 0 Å². The average molecular weight is 351 g/mol. The van der Waals surface area contributed by atoms with Crippen molar-refractivity contribution in [3.63, 3.8) is 0 Å². The first-order valence-electron chi connectivity index (χ1n) is 7.98. The zero-order chi connectivity index (χ0) is 19.0. The van der Waals surface area contributed by atoms with E-state index in [9.17, 15) is 19.7 Å². The van der Waals surface area contributed by atoms with E-state index in [2.05, 4.69) is 10.3 Å². The van der Waals surface area contributed by atoms with Gasteiger partial charge in [-0.2, -0.15) is 0 Å². The first kappa shape index (κ1) is 17.3. The number of aryl methyl sites for hydroxylation is 1. The Bertz CT molecular complexity index is 1120. The van der Waals surface area contributed by atoms with Gasteiger partial charge < -0.3 is 10.3 Å². The van der Waals surface area contributed by atoms with Crippen LogP contribution in [-0.4, -0.2) is 15.8 Å². The number of fused-ring (bicyclic) bond motifs is 1. The van der Waals surface area contributed by atoms with Crippen molar-refractivity contribution in [2.45, 2.75) is 20.8 Å². The highest BCUT2D eigenvalue weighted by molar-refractivity contribution is 6.06. The zero-order valence-electron chi connectivity index (χ0n) is 14.5. The standard InChI is InChI=1S/C19H17N3O4/c1-10-11(2)18(23)21-16-9-13(7-8-14(10)16)20-19(24)15-5-4-6-17(12(15)3)22(25)26/h4-9H,1-3H3,(H,20,24)(H,21,23). The summed E-state index contributed by atoms with van der Waals surface area (Å²) in [6, 6.07) is 9.60. The monoisotopic (exact) mass is 351 g/mol. The molecule has 7 nitrogen and oxygen atoms in total. The number of aromatic nitrogens is 1. The number of nitro benzene ring substituents is 1. The maximum Gasteiger partial charge on any atom is 0.273 e. The number of hydrogen-bond donors (Lipinski definition) is 2. The molecule has 132 valence electrons. The Balaban J connectivity index is 1.98. The molecule has 0 radical (unpaired) electrons. The van der Waals surface area contributed by atoms with E-state index < -0.39 is 10.8 Å². The molecule has 0 fully saturated rings. The van der Waals surface area contributed by atoms with E-state index in [4.69, 9.17) is 0 Å². The van der Waals surface area contributed by atoms with Crippen molar-refractivity contribution in [3.8, 4) is 0 Å². The number of nitrogens with one attached hydrogen (secondary N) is 2. The fourth-order valence-corrected chi connectivity index (χ4v) is 2.91. The van der Waals surface area contributed by atoms with Gasteiger partial charge in [-0.15, -0.1) is 0 Å². The normalized spacial score (nSPS) is 10.7. The van der Waals surface area contributed by atoms with Gasteiger partial charge in [0, 0.05) is 33.8 Å². The Hall–Kier alpha value is -3.48. The molecule has 0 unspecified atom stereocenters. The van der Waals surface area contributed by atoms with E-state index in [0.29, 0.717) is 22.3 Å². The molecule has 0 aliphatic heterocycles. The number of hydrogen-bond acceptors (Lipinski definition) is 4. The molecule has 2 N–H and O–H groups in total.